The lowest BCUT2D eigenvalue weighted by atomic mass is 9.74. The van der Waals surface area contributed by atoms with Gasteiger partial charge in [0.25, 0.3) is 0 Å². The van der Waals surface area contributed by atoms with Crippen molar-refractivity contribution in [3.05, 3.63) is 70.8 Å². The maximum Gasteiger partial charge on any atom is 0.416 e. The lowest BCUT2D eigenvalue weighted by molar-refractivity contribution is -0.143. The molecular formula is C31H37F6N3O2. The molecule has 1 saturated carbocycles. The first-order valence-electron chi connectivity index (χ1n) is 14.1. The number of amides is 2. The van der Waals surface area contributed by atoms with Crippen LogP contribution in [0.4, 0.5) is 26.3 Å². The van der Waals surface area contributed by atoms with Crippen molar-refractivity contribution >= 4 is 11.8 Å². The molecule has 1 heterocycles. The predicted octanol–water partition coefficient (Wildman–Crippen LogP) is 6.72. The fourth-order valence-electron chi connectivity index (χ4n) is 6.02. The molecule has 2 aromatic carbocycles. The summed E-state index contributed by atoms with van der Waals surface area (Å²) in [6.07, 6.45) is -7.91. The van der Waals surface area contributed by atoms with Crippen LogP contribution in [0.3, 0.4) is 0 Å². The van der Waals surface area contributed by atoms with Crippen LogP contribution in [0, 0.1) is 0 Å². The molecule has 1 aliphatic heterocycles. The third kappa shape index (κ3) is 6.93. The first-order valence-corrected chi connectivity index (χ1v) is 14.1. The summed E-state index contributed by atoms with van der Waals surface area (Å²) in [6, 6.07) is 10.4. The van der Waals surface area contributed by atoms with Crippen molar-refractivity contribution in [1.29, 1.82) is 0 Å². The molecule has 1 unspecified atom stereocenters. The van der Waals surface area contributed by atoms with Gasteiger partial charge in [-0.1, -0.05) is 30.3 Å². The Morgan fingerprint density at radius 3 is 1.93 bits per heavy atom. The summed E-state index contributed by atoms with van der Waals surface area (Å²) in [5.41, 5.74) is -3.49. The third-order valence-electron chi connectivity index (χ3n) is 8.65. The number of piperazine rings is 1. The van der Waals surface area contributed by atoms with Gasteiger partial charge in [0.1, 0.15) is 0 Å². The van der Waals surface area contributed by atoms with E-state index in [1.165, 1.54) is 6.92 Å². The number of hydrogen-bond acceptors (Lipinski definition) is 3. The number of carbonyl (C=O) groups excluding carboxylic acids is 2. The molecular weight excluding hydrogens is 560 g/mol. The van der Waals surface area contributed by atoms with Crippen LogP contribution >= 0.6 is 0 Å². The van der Waals surface area contributed by atoms with Crippen LogP contribution in [0.15, 0.2) is 48.5 Å². The molecule has 1 aliphatic carbocycles. The number of nitrogens with one attached hydrogen (secondary N) is 1. The van der Waals surface area contributed by atoms with Crippen LogP contribution in [0.2, 0.25) is 0 Å². The second-order valence-electron chi connectivity index (χ2n) is 12.4. The quantitative estimate of drug-likeness (QED) is 0.389. The van der Waals surface area contributed by atoms with Crippen molar-refractivity contribution < 1.29 is 35.9 Å². The molecule has 0 bridgehead atoms. The Morgan fingerprint density at radius 2 is 1.45 bits per heavy atom. The van der Waals surface area contributed by atoms with Gasteiger partial charge in [-0.25, -0.2) is 0 Å². The minimum Gasteiger partial charge on any atom is -0.346 e. The van der Waals surface area contributed by atoms with Crippen molar-refractivity contribution in [3.63, 3.8) is 0 Å². The molecule has 0 spiro atoms. The van der Waals surface area contributed by atoms with Gasteiger partial charge in [0.15, 0.2) is 0 Å². The van der Waals surface area contributed by atoms with Crippen LogP contribution in [0.1, 0.15) is 81.5 Å². The van der Waals surface area contributed by atoms with Crippen molar-refractivity contribution in [3.8, 4) is 0 Å². The van der Waals surface area contributed by atoms with Crippen molar-refractivity contribution in [2.24, 2.45) is 0 Å². The van der Waals surface area contributed by atoms with Crippen LogP contribution in [-0.2, 0) is 27.5 Å². The number of carbonyl (C=O) groups is 2. The van der Waals surface area contributed by atoms with E-state index in [0.29, 0.717) is 50.9 Å². The van der Waals surface area contributed by atoms with Gasteiger partial charge in [-0.05, 0) is 82.7 Å². The maximum atomic E-state index is 13.5. The zero-order valence-electron chi connectivity index (χ0n) is 24.2. The monoisotopic (exact) mass is 597 g/mol. The highest BCUT2D eigenvalue weighted by Gasteiger charge is 2.43. The molecule has 1 atom stereocenters. The lowest BCUT2D eigenvalue weighted by Crippen LogP contribution is -2.60. The van der Waals surface area contributed by atoms with Gasteiger partial charge >= 0.3 is 12.4 Å². The molecule has 2 amide bonds. The van der Waals surface area contributed by atoms with Gasteiger partial charge in [-0.3, -0.25) is 14.5 Å². The Balaban J connectivity index is 1.56. The number of benzene rings is 2. The van der Waals surface area contributed by atoms with E-state index in [2.05, 4.69) is 31.0 Å². The molecule has 11 heteroatoms. The summed E-state index contributed by atoms with van der Waals surface area (Å²) in [6.45, 7) is 9.19. The van der Waals surface area contributed by atoms with E-state index >= 15 is 0 Å². The standard InChI is InChI=1S/C31H37F6N3O2/c1-20(21-16-23(30(32,33)34)18-24(17-21)31(35,36)37)27(42)38-29(22-8-6-5-7-9-22)12-10-25(11-13-29)40-15-14-39(19-26(40)41)28(2,3)4/h5-9,16-18,20,25H,10-15,19H2,1-4H3,(H,38,42). The number of halogens is 6. The van der Waals surface area contributed by atoms with Gasteiger partial charge in [0.2, 0.25) is 11.8 Å². The minimum absolute atomic E-state index is 0.0245. The zero-order chi connectivity index (χ0) is 31.1. The highest BCUT2D eigenvalue weighted by Crippen LogP contribution is 2.41. The molecule has 0 aromatic heterocycles. The van der Waals surface area contributed by atoms with Gasteiger partial charge in [0, 0.05) is 24.7 Å². The third-order valence-corrected chi connectivity index (χ3v) is 8.65. The Morgan fingerprint density at radius 1 is 0.905 bits per heavy atom. The first-order chi connectivity index (χ1) is 19.4. The largest absolute Gasteiger partial charge is 0.416 e. The smallest absolute Gasteiger partial charge is 0.346 e. The summed E-state index contributed by atoms with van der Waals surface area (Å²) in [4.78, 5) is 30.6. The van der Waals surface area contributed by atoms with E-state index < -0.39 is 40.8 Å². The van der Waals surface area contributed by atoms with Crippen LogP contribution in [-0.4, -0.2) is 52.8 Å². The molecule has 1 N–H and O–H groups in total. The van der Waals surface area contributed by atoms with Gasteiger partial charge in [-0.15, -0.1) is 0 Å². The summed E-state index contributed by atoms with van der Waals surface area (Å²) >= 11 is 0. The summed E-state index contributed by atoms with van der Waals surface area (Å²) in [7, 11) is 0. The minimum atomic E-state index is -5.01. The number of alkyl halides is 6. The number of hydrogen-bond donors (Lipinski definition) is 1. The molecule has 2 aromatic rings. The van der Waals surface area contributed by atoms with Crippen molar-refractivity contribution in [2.75, 3.05) is 19.6 Å². The second kappa shape index (κ2) is 11.5. The van der Waals surface area contributed by atoms with Crippen LogP contribution in [0.5, 0.6) is 0 Å². The molecule has 230 valence electrons. The molecule has 4 rings (SSSR count). The summed E-state index contributed by atoms with van der Waals surface area (Å²) in [5, 5.41) is 3.01. The van der Waals surface area contributed by atoms with E-state index in [9.17, 15) is 35.9 Å². The molecule has 1 saturated heterocycles. The zero-order valence-corrected chi connectivity index (χ0v) is 24.2. The SMILES string of the molecule is CC(C(=O)NC1(c2ccccc2)CCC(N2CCN(C(C)(C)C)CC2=O)CC1)c1cc(C(F)(F)F)cc(C(F)(F)F)c1. The normalized spacial score (nSPS) is 23.5. The predicted molar refractivity (Wildman–Crippen MR) is 146 cm³/mol. The fourth-order valence-corrected chi connectivity index (χ4v) is 6.02. The van der Waals surface area contributed by atoms with Gasteiger partial charge < -0.3 is 10.2 Å². The van der Waals surface area contributed by atoms with E-state index in [-0.39, 0.29) is 29.1 Å². The number of rotatable bonds is 5. The average molecular weight is 598 g/mol. The highest BCUT2D eigenvalue weighted by atomic mass is 19.4. The topological polar surface area (TPSA) is 52.7 Å². The first kappa shape index (κ1) is 31.8. The summed E-state index contributed by atoms with van der Waals surface area (Å²) in [5.74, 6) is -1.89. The molecule has 2 aliphatic rings. The van der Waals surface area contributed by atoms with E-state index in [1.54, 1.807) is 0 Å². The van der Waals surface area contributed by atoms with Gasteiger partial charge in [0.05, 0.1) is 29.1 Å². The molecule has 0 radical (unpaired) electrons. The second-order valence-corrected chi connectivity index (χ2v) is 12.4. The van der Waals surface area contributed by atoms with Crippen LogP contribution < -0.4 is 5.32 Å². The van der Waals surface area contributed by atoms with E-state index in [0.717, 1.165) is 12.1 Å². The van der Waals surface area contributed by atoms with Crippen molar-refractivity contribution in [1.82, 2.24) is 15.1 Å². The Labute approximate surface area is 242 Å². The Bertz CT molecular complexity index is 1250. The molecule has 42 heavy (non-hydrogen) atoms. The van der Waals surface area contributed by atoms with Crippen molar-refractivity contribution in [2.45, 2.75) is 88.8 Å². The maximum absolute atomic E-state index is 13.5. The van der Waals surface area contributed by atoms with E-state index in [4.69, 9.17) is 0 Å². The Kier molecular flexibility index (Phi) is 8.75. The Hall–Kier alpha value is -3.08. The van der Waals surface area contributed by atoms with Gasteiger partial charge in [-0.2, -0.15) is 26.3 Å². The number of nitrogens with zero attached hydrogens (tertiary/aromatic N) is 2. The van der Waals surface area contributed by atoms with E-state index in [1.807, 2.05) is 35.2 Å². The molecule has 2 fully saturated rings. The lowest BCUT2D eigenvalue weighted by Gasteiger charge is -2.48. The highest BCUT2D eigenvalue weighted by molar-refractivity contribution is 5.84. The summed E-state index contributed by atoms with van der Waals surface area (Å²) < 4.78 is 80.7. The molecule has 5 nitrogen and oxygen atoms in total. The average Bonchev–Trinajstić information content (AvgIpc) is 2.92. The fraction of sp³-hybridized carbons (Fsp3) is 0.548. The van der Waals surface area contributed by atoms with Crippen LogP contribution in [0.25, 0.3) is 0 Å².